The number of carbonyl (C=O) groups excluding carboxylic acids is 1. The number of carbonyl (C=O) groups is 1. The van der Waals surface area contributed by atoms with Crippen molar-refractivity contribution in [1.29, 1.82) is 0 Å². The summed E-state index contributed by atoms with van der Waals surface area (Å²) in [6.07, 6.45) is 1.58. The third-order valence-corrected chi connectivity index (χ3v) is 4.73. The van der Waals surface area contributed by atoms with Gasteiger partial charge in [0.2, 0.25) is 0 Å². The number of hydrogen-bond acceptors (Lipinski definition) is 3. The first-order valence-corrected chi connectivity index (χ1v) is 7.97. The van der Waals surface area contributed by atoms with Crippen LogP contribution < -0.4 is 14.8 Å². The molecule has 4 rings (SSSR count). The van der Waals surface area contributed by atoms with Crippen molar-refractivity contribution in [3.8, 4) is 11.5 Å². The maximum Gasteiger partial charge on any atom is 0.259 e. The molecule has 1 amide bonds. The molecule has 2 aliphatic rings. The van der Waals surface area contributed by atoms with Crippen LogP contribution in [-0.2, 0) is 12.8 Å². The van der Waals surface area contributed by atoms with Gasteiger partial charge in [-0.2, -0.15) is 0 Å². The van der Waals surface area contributed by atoms with Crippen LogP contribution in [0.2, 0.25) is 0 Å². The normalized spacial score (nSPS) is 14.7. The molecule has 118 valence electrons. The number of anilines is 1. The molecule has 0 saturated carbocycles. The summed E-state index contributed by atoms with van der Waals surface area (Å²) in [7, 11) is 0. The van der Waals surface area contributed by atoms with Crippen molar-refractivity contribution in [2.45, 2.75) is 26.7 Å². The maximum absolute atomic E-state index is 13.0. The third kappa shape index (κ3) is 2.25. The zero-order valence-corrected chi connectivity index (χ0v) is 13.4. The average molecular weight is 309 g/mol. The predicted octanol–water partition coefficient (Wildman–Crippen LogP) is 3.43. The maximum atomic E-state index is 13.0. The van der Waals surface area contributed by atoms with E-state index in [9.17, 15) is 4.79 Å². The second-order valence-electron chi connectivity index (χ2n) is 6.12. The Balaban J connectivity index is 1.76. The molecule has 2 aromatic carbocycles. The van der Waals surface area contributed by atoms with Gasteiger partial charge < -0.3 is 14.8 Å². The summed E-state index contributed by atoms with van der Waals surface area (Å²) in [6, 6.07) is 7.96. The molecule has 4 nitrogen and oxygen atoms in total. The second kappa shape index (κ2) is 5.30. The quantitative estimate of drug-likeness (QED) is 0.924. The molecule has 0 aromatic heterocycles. The molecular formula is C19H19NO3. The minimum Gasteiger partial charge on any atom is -0.493 e. The lowest BCUT2D eigenvalue weighted by Gasteiger charge is -2.15. The van der Waals surface area contributed by atoms with Crippen molar-refractivity contribution in [2.24, 2.45) is 0 Å². The molecule has 0 atom stereocenters. The van der Waals surface area contributed by atoms with Gasteiger partial charge in [-0.25, -0.2) is 0 Å². The van der Waals surface area contributed by atoms with Crippen molar-refractivity contribution < 1.29 is 14.3 Å². The number of ether oxygens (including phenoxy) is 2. The molecule has 0 fully saturated rings. The van der Waals surface area contributed by atoms with Crippen LogP contribution in [0.15, 0.2) is 24.3 Å². The Bertz CT molecular complexity index is 778. The number of fused-ring (bicyclic) bond motifs is 2. The molecule has 1 N–H and O–H groups in total. The van der Waals surface area contributed by atoms with E-state index in [1.54, 1.807) is 0 Å². The molecule has 0 radical (unpaired) electrons. The minimum atomic E-state index is -0.112. The second-order valence-corrected chi connectivity index (χ2v) is 6.12. The van der Waals surface area contributed by atoms with Gasteiger partial charge in [-0.3, -0.25) is 4.79 Å². The monoisotopic (exact) mass is 309 g/mol. The highest BCUT2D eigenvalue weighted by Gasteiger charge is 2.30. The van der Waals surface area contributed by atoms with E-state index in [1.807, 2.05) is 38.1 Å². The van der Waals surface area contributed by atoms with E-state index >= 15 is 0 Å². The van der Waals surface area contributed by atoms with Crippen LogP contribution in [0.5, 0.6) is 11.5 Å². The highest BCUT2D eigenvalue weighted by molar-refractivity contribution is 6.08. The summed E-state index contributed by atoms with van der Waals surface area (Å²) in [6.45, 7) is 5.31. The summed E-state index contributed by atoms with van der Waals surface area (Å²) < 4.78 is 11.4. The fourth-order valence-corrected chi connectivity index (χ4v) is 3.30. The summed E-state index contributed by atoms with van der Waals surface area (Å²) in [5.74, 6) is 1.46. The van der Waals surface area contributed by atoms with Crippen LogP contribution in [0.3, 0.4) is 0 Å². The van der Waals surface area contributed by atoms with Crippen LogP contribution in [0.1, 0.15) is 32.6 Å². The summed E-state index contributed by atoms with van der Waals surface area (Å²) in [4.78, 5) is 13.0. The van der Waals surface area contributed by atoms with Gasteiger partial charge >= 0.3 is 0 Å². The van der Waals surface area contributed by atoms with Gasteiger partial charge in [0.15, 0.2) is 0 Å². The van der Waals surface area contributed by atoms with Crippen LogP contribution in [0.25, 0.3) is 0 Å². The van der Waals surface area contributed by atoms with Crippen molar-refractivity contribution in [2.75, 3.05) is 18.5 Å². The Kier molecular flexibility index (Phi) is 3.26. The minimum absolute atomic E-state index is 0.112. The van der Waals surface area contributed by atoms with E-state index in [2.05, 4.69) is 5.32 Å². The Morgan fingerprint density at radius 1 is 1.13 bits per heavy atom. The van der Waals surface area contributed by atoms with E-state index in [0.717, 1.165) is 52.3 Å². The van der Waals surface area contributed by atoms with Crippen LogP contribution in [0.4, 0.5) is 5.69 Å². The molecule has 4 heteroatoms. The smallest absolute Gasteiger partial charge is 0.259 e. The van der Waals surface area contributed by atoms with Crippen molar-refractivity contribution >= 4 is 11.6 Å². The zero-order valence-electron chi connectivity index (χ0n) is 13.4. The fraction of sp³-hybridized carbons (Fsp3) is 0.316. The van der Waals surface area contributed by atoms with Gasteiger partial charge in [0.1, 0.15) is 11.5 Å². The molecule has 0 unspecified atom stereocenters. The molecule has 2 heterocycles. The number of amides is 1. The number of benzene rings is 2. The van der Waals surface area contributed by atoms with E-state index in [4.69, 9.17) is 9.47 Å². The molecule has 0 bridgehead atoms. The fourth-order valence-electron chi connectivity index (χ4n) is 3.30. The molecular weight excluding hydrogens is 290 g/mol. The largest absolute Gasteiger partial charge is 0.493 e. The number of aryl methyl sites for hydroxylation is 1. The van der Waals surface area contributed by atoms with Crippen molar-refractivity contribution in [1.82, 2.24) is 0 Å². The average Bonchev–Trinajstić information content (AvgIpc) is 3.17. The summed E-state index contributed by atoms with van der Waals surface area (Å²) in [5, 5.41) is 3.05. The van der Waals surface area contributed by atoms with Crippen molar-refractivity contribution in [3.63, 3.8) is 0 Å². The van der Waals surface area contributed by atoms with Crippen molar-refractivity contribution in [3.05, 3.63) is 52.1 Å². The van der Waals surface area contributed by atoms with Gasteiger partial charge in [-0.05, 0) is 37.1 Å². The molecule has 0 saturated heterocycles. The van der Waals surface area contributed by atoms with Gasteiger partial charge in [0.25, 0.3) is 5.91 Å². The zero-order chi connectivity index (χ0) is 16.0. The summed E-state index contributed by atoms with van der Waals surface area (Å²) >= 11 is 0. The Hall–Kier alpha value is -2.49. The van der Waals surface area contributed by atoms with Gasteiger partial charge in [-0.15, -0.1) is 0 Å². The number of rotatable bonds is 2. The van der Waals surface area contributed by atoms with E-state index in [1.165, 1.54) is 0 Å². The highest BCUT2D eigenvalue weighted by atomic mass is 16.5. The highest BCUT2D eigenvalue weighted by Crippen LogP contribution is 2.41. The topological polar surface area (TPSA) is 47.6 Å². The lowest BCUT2D eigenvalue weighted by Crippen LogP contribution is -2.16. The SMILES string of the molecule is Cc1cccc(NC(=O)c2c3c(cc4c2OCC4)OCC3)c1C. The Morgan fingerprint density at radius 2 is 1.96 bits per heavy atom. The number of nitrogens with one attached hydrogen (secondary N) is 1. The molecule has 23 heavy (non-hydrogen) atoms. The first kappa shape index (κ1) is 14.1. The summed E-state index contributed by atoms with van der Waals surface area (Å²) in [5.41, 5.74) is 5.77. The van der Waals surface area contributed by atoms with E-state index < -0.39 is 0 Å². The van der Waals surface area contributed by atoms with Crippen LogP contribution in [0, 0.1) is 13.8 Å². The van der Waals surface area contributed by atoms with E-state index in [0.29, 0.717) is 18.8 Å². The Labute approximate surface area is 135 Å². The first-order valence-electron chi connectivity index (χ1n) is 7.97. The lowest BCUT2D eigenvalue weighted by molar-refractivity contribution is 0.102. The molecule has 0 spiro atoms. The van der Waals surface area contributed by atoms with Crippen LogP contribution >= 0.6 is 0 Å². The first-order chi connectivity index (χ1) is 11.1. The van der Waals surface area contributed by atoms with Gasteiger partial charge in [-0.1, -0.05) is 12.1 Å². The lowest BCUT2D eigenvalue weighted by atomic mass is 9.98. The Morgan fingerprint density at radius 3 is 2.83 bits per heavy atom. The standard InChI is InChI=1S/C19H19NO3/c1-11-4-3-5-15(12(11)2)20-19(21)17-14-7-9-22-16(14)10-13-6-8-23-18(13)17/h3-5,10H,6-9H2,1-2H3,(H,20,21). The predicted molar refractivity (Wildman–Crippen MR) is 88.7 cm³/mol. The van der Waals surface area contributed by atoms with Gasteiger partial charge in [0.05, 0.1) is 18.8 Å². The molecule has 2 aliphatic heterocycles. The molecule has 2 aromatic rings. The number of hydrogen-bond donors (Lipinski definition) is 1. The van der Waals surface area contributed by atoms with Crippen LogP contribution in [-0.4, -0.2) is 19.1 Å². The van der Waals surface area contributed by atoms with E-state index in [-0.39, 0.29) is 5.91 Å². The van der Waals surface area contributed by atoms with Gasteiger partial charge in [0, 0.05) is 29.7 Å². The third-order valence-electron chi connectivity index (χ3n) is 4.73. The molecule has 0 aliphatic carbocycles.